The molecule has 1 rings (SSSR count). The summed E-state index contributed by atoms with van der Waals surface area (Å²) in [4.78, 5) is 0. The first-order valence-electron chi connectivity index (χ1n) is 10.4. The quantitative estimate of drug-likeness (QED) is 0.292. The van der Waals surface area contributed by atoms with Gasteiger partial charge in [-0.3, -0.25) is 0 Å². The second kappa shape index (κ2) is 14.5. The van der Waals surface area contributed by atoms with Crippen LogP contribution >= 0.6 is 0 Å². The van der Waals surface area contributed by atoms with Crippen molar-refractivity contribution in [3.63, 3.8) is 0 Å². The molecule has 0 aromatic carbocycles. The molecule has 2 atom stereocenters. The first-order chi connectivity index (χ1) is 10.9. The van der Waals surface area contributed by atoms with E-state index in [9.17, 15) is 0 Å². The van der Waals surface area contributed by atoms with Gasteiger partial charge in [-0.25, -0.2) is 0 Å². The summed E-state index contributed by atoms with van der Waals surface area (Å²) in [6, 6.07) is 0. The average molecular weight is 311 g/mol. The molecule has 0 aromatic rings. The first kappa shape index (κ1) is 20.0. The fourth-order valence-corrected chi connectivity index (χ4v) is 3.79. The summed E-state index contributed by atoms with van der Waals surface area (Å²) in [5.74, 6) is 1.88. The fourth-order valence-electron chi connectivity index (χ4n) is 3.79. The van der Waals surface area contributed by atoms with Crippen LogP contribution in [0.5, 0.6) is 0 Å². The zero-order valence-corrected chi connectivity index (χ0v) is 15.6. The van der Waals surface area contributed by atoms with Gasteiger partial charge in [0.15, 0.2) is 0 Å². The third-order valence-electron chi connectivity index (χ3n) is 5.44. The van der Waals surface area contributed by atoms with E-state index in [0.29, 0.717) is 0 Å². The van der Waals surface area contributed by atoms with E-state index in [1.807, 2.05) is 0 Å². The average Bonchev–Trinajstić information content (AvgIpc) is 3.05. The van der Waals surface area contributed by atoms with Crippen molar-refractivity contribution < 1.29 is 4.74 Å². The molecule has 1 unspecified atom stereocenters. The maximum absolute atomic E-state index is 5.54. The number of hydrogen-bond acceptors (Lipinski definition) is 1. The molecule has 1 nitrogen and oxygen atoms in total. The van der Waals surface area contributed by atoms with Gasteiger partial charge < -0.3 is 4.74 Å². The molecule has 0 radical (unpaired) electrons. The van der Waals surface area contributed by atoms with Crippen LogP contribution in [0, 0.1) is 11.8 Å². The van der Waals surface area contributed by atoms with Crippen LogP contribution in [0.4, 0.5) is 0 Å². The highest BCUT2D eigenvalue weighted by molar-refractivity contribution is 4.68. The molecule has 0 spiro atoms. The highest BCUT2D eigenvalue weighted by atomic mass is 16.5. The van der Waals surface area contributed by atoms with Gasteiger partial charge in [-0.15, -0.1) is 0 Å². The molecule has 0 N–H and O–H groups in total. The lowest BCUT2D eigenvalue weighted by atomic mass is 9.87. The Morgan fingerprint density at radius 2 is 1.36 bits per heavy atom. The SMILES string of the molecule is CCCCCCCCC(CCCCCC)CC[C@@H]1CCOC1. The van der Waals surface area contributed by atoms with Crippen LogP contribution in [-0.2, 0) is 4.74 Å². The van der Waals surface area contributed by atoms with Gasteiger partial charge in [-0.1, -0.05) is 97.3 Å². The number of ether oxygens (including phenoxy) is 1. The predicted molar refractivity (Wildman–Crippen MR) is 98.4 cm³/mol. The Morgan fingerprint density at radius 1 is 0.773 bits per heavy atom. The molecule has 1 aliphatic heterocycles. The smallest absolute Gasteiger partial charge is 0.0495 e. The molecule has 1 saturated heterocycles. The molecule has 0 bridgehead atoms. The van der Waals surface area contributed by atoms with Crippen LogP contribution in [0.3, 0.4) is 0 Å². The van der Waals surface area contributed by atoms with Crippen molar-refractivity contribution in [3.8, 4) is 0 Å². The normalized spacial score (nSPS) is 19.6. The molecular weight excluding hydrogens is 268 g/mol. The van der Waals surface area contributed by atoms with Crippen LogP contribution in [0.25, 0.3) is 0 Å². The zero-order chi connectivity index (χ0) is 15.9. The highest BCUT2D eigenvalue weighted by Gasteiger charge is 2.17. The van der Waals surface area contributed by atoms with E-state index in [1.165, 1.54) is 96.3 Å². The van der Waals surface area contributed by atoms with Crippen molar-refractivity contribution >= 4 is 0 Å². The van der Waals surface area contributed by atoms with Crippen LogP contribution in [0.1, 0.15) is 110 Å². The van der Waals surface area contributed by atoms with Crippen LogP contribution in [0.15, 0.2) is 0 Å². The second-order valence-electron chi connectivity index (χ2n) is 7.58. The van der Waals surface area contributed by atoms with Gasteiger partial charge in [0.1, 0.15) is 0 Å². The summed E-state index contributed by atoms with van der Waals surface area (Å²) in [5.41, 5.74) is 0. The topological polar surface area (TPSA) is 9.23 Å². The zero-order valence-electron chi connectivity index (χ0n) is 15.6. The molecule has 0 aliphatic carbocycles. The van der Waals surface area contributed by atoms with E-state index < -0.39 is 0 Å². The molecule has 1 aliphatic rings. The largest absolute Gasteiger partial charge is 0.381 e. The maximum Gasteiger partial charge on any atom is 0.0495 e. The molecule has 1 heteroatoms. The molecule has 0 saturated carbocycles. The standard InChI is InChI=1S/C21H42O/c1-3-5-7-9-10-12-14-20(13-11-8-6-4-2)15-16-21-17-18-22-19-21/h20-21H,3-19H2,1-2H3/t20?,21-/m1/s1. The van der Waals surface area contributed by atoms with E-state index in [4.69, 9.17) is 4.74 Å². The van der Waals surface area contributed by atoms with Gasteiger partial charge in [-0.2, -0.15) is 0 Å². The predicted octanol–water partition coefficient (Wildman–Crippen LogP) is 7.14. The molecule has 1 fully saturated rings. The summed E-state index contributed by atoms with van der Waals surface area (Å²) in [6.45, 7) is 6.68. The van der Waals surface area contributed by atoms with Crippen LogP contribution in [-0.4, -0.2) is 13.2 Å². The third-order valence-corrected chi connectivity index (χ3v) is 5.44. The minimum atomic E-state index is 0.877. The van der Waals surface area contributed by atoms with E-state index in [2.05, 4.69) is 13.8 Å². The van der Waals surface area contributed by atoms with Crippen LogP contribution < -0.4 is 0 Å². The number of rotatable bonds is 15. The molecule has 22 heavy (non-hydrogen) atoms. The molecular formula is C21H42O. The molecule has 0 aromatic heterocycles. The lowest BCUT2D eigenvalue weighted by Crippen LogP contribution is -2.06. The van der Waals surface area contributed by atoms with Crippen molar-refractivity contribution in [2.24, 2.45) is 11.8 Å². The summed E-state index contributed by atoms with van der Waals surface area (Å²) < 4.78 is 5.54. The Bertz CT molecular complexity index is 220. The Labute approximate surface area is 140 Å². The van der Waals surface area contributed by atoms with E-state index in [1.54, 1.807) is 0 Å². The van der Waals surface area contributed by atoms with E-state index in [0.717, 1.165) is 25.0 Å². The van der Waals surface area contributed by atoms with Gasteiger partial charge in [0.05, 0.1) is 0 Å². The van der Waals surface area contributed by atoms with Crippen molar-refractivity contribution in [2.45, 2.75) is 110 Å². The Balaban J connectivity index is 2.11. The lowest BCUT2D eigenvalue weighted by Gasteiger charge is -2.18. The number of hydrogen-bond donors (Lipinski definition) is 0. The minimum Gasteiger partial charge on any atom is -0.381 e. The number of unbranched alkanes of at least 4 members (excludes halogenated alkanes) is 8. The summed E-state index contributed by atoms with van der Waals surface area (Å²) in [5, 5.41) is 0. The summed E-state index contributed by atoms with van der Waals surface area (Å²) in [7, 11) is 0. The molecule has 132 valence electrons. The Kier molecular flexibility index (Phi) is 13.2. The van der Waals surface area contributed by atoms with Gasteiger partial charge in [0.25, 0.3) is 0 Å². The highest BCUT2D eigenvalue weighted by Crippen LogP contribution is 2.27. The van der Waals surface area contributed by atoms with E-state index >= 15 is 0 Å². The second-order valence-corrected chi connectivity index (χ2v) is 7.58. The Morgan fingerprint density at radius 3 is 1.95 bits per heavy atom. The fraction of sp³-hybridized carbons (Fsp3) is 1.00. The Hall–Kier alpha value is -0.0400. The summed E-state index contributed by atoms with van der Waals surface area (Å²) in [6.07, 6.45) is 21.6. The minimum absolute atomic E-state index is 0.877. The first-order valence-corrected chi connectivity index (χ1v) is 10.4. The van der Waals surface area contributed by atoms with E-state index in [-0.39, 0.29) is 0 Å². The monoisotopic (exact) mass is 310 g/mol. The van der Waals surface area contributed by atoms with Crippen molar-refractivity contribution in [1.29, 1.82) is 0 Å². The van der Waals surface area contributed by atoms with Crippen molar-refractivity contribution in [2.75, 3.05) is 13.2 Å². The lowest BCUT2D eigenvalue weighted by molar-refractivity contribution is 0.181. The molecule has 1 heterocycles. The summed E-state index contributed by atoms with van der Waals surface area (Å²) >= 11 is 0. The third kappa shape index (κ3) is 10.6. The van der Waals surface area contributed by atoms with Gasteiger partial charge in [-0.05, 0) is 24.7 Å². The van der Waals surface area contributed by atoms with Gasteiger partial charge in [0, 0.05) is 13.2 Å². The molecule has 0 amide bonds. The maximum atomic E-state index is 5.54. The van der Waals surface area contributed by atoms with Gasteiger partial charge in [0.2, 0.25) is 0 Å². The van der Waals surface area contributed by atoms with Crippen molar-refractivity contribution in [3.05, 3.63) is 0 Å². The van der Waals surface area contributed by atoms with Crippen molar-refractivity contribution in [1.82, 2.24) is 0 Å². The van der Waals surface area contributed by atoms with Gasteiger partial charge >= 0.3 is 0 Å². The van der Waals surface area contributed by atoms with Crippen LogP contribution in [0.2, 0.25) is 0 Å².